The Hall–Kier alpha value is -1.97. The molecule has 25 heavy (non-hydrogen) atoms. The molecule has 2 bridgehead atoms. The van der Waals surface area contributed by atoms with Gasteiger partial charge < -0.3 is 14.6 Å². The Morgan fingerprint density at radius 3 is 2.52 bits per heavy atom. The maximum Gasteiger partial charge on any atom is 0.204 e. The van der Waals surface area contributed by atoms with Crippen LogP contribution in [0.1, 0.15) is 67.1 Å². The third kappa shape index (κ3) is 2.54. The molecule has 0 saturated carbocycles. The second-order valence-electron chi connectivity index (χ2n) is 7.54. The maximum atomic E-state index is 12.8. The molecule has 0 spiro atoms. The molecule has 3 aliphatic carbocycles. The number of rotatable bonds is 2. The van der Waals surface area contributed by atoms with Crippen LogP contribution in [-0.2, 0) is 20.7 Å². The second kappa shape index (κ2) is 6.40. The summed E-state index contributed by atoms with van der Waals surface area (Å²) < 4.78 is 11.1. The SMILES string of the molecule is COC1=C(OC)C2CC(CCC[C@H]3CCCc4ccc(O)c2c43)C1=O. The minimum Gasteiger partial charge on any atom is -0.508 e. The van der Waals surface area contributed by atoms with Crippen LogP contribution in [0.15, 0.2) is 23.7 Å². The number of carbonyl (C=O) groups excluding carboxylic acids is 1. The molecule has 1 N–H and O–H groups in total. The number of fused-ring (bicyclic) bond motifs is 3. The average Bonchev–Trinajstić information content (AvgIpc) is 2.69. The van der Waals surface area contributed by atoms with Gasteiger partial charge in [0.15, 0.2) is 0 Å². The molecule has 3 aliphatic rings. The van der Waals surface area contributed by atoms with Gasteiger partial charge in [0.2, 0.25) is 11.5 Å². The van der Waals surface area contributed by atoms with Crippen LogP contribution in [0.2, 0.25) is 0 Å². The van der Waals surface area contributed by atoms with Crippen LogP contribution in [0, 0.1) is 5.92 Å². The van der Waals surface area contributed by atoms with Gasteiger partial charge in [0.05, 0.1) is 20.1 Å². The van der Waals surface area contributed by atoms with Gasteiger partial charge in [-0.05, 0) is 61.6 Å². The Bertz CT molecular complexity index is 734. The second-order valence-corrected chi connectivity index (χ2v) is 7.54. The topological polar surface area (TPSA) is 55.8 Å². The van der Waals surface area contributed by atoms with Crippen LogP contribution in [0.4, 0.5) is 0 Å². The Labute approximate surface area is 148 Å². The number of methoxy groups -OCH3 is 2. The number of Topliss-reactive ketones (excluding diaryl/α,β-unsaturated/α-hetero) is 1. The lowest BCUT2D eigenvalue weighted by atomic mass is 9.73. The van der Waals surface area contributed by atoms with Crippen molar-refractivity contribution in [3.05, 3.63) is 40.3 Å². The predicted octanol–water partition coefficient (Wildman–Crippen LogP) is 4.17. The molecule has 0 heterocycles. The van der Waals surface area contributed by atoms with E-state index in [0.717, 1.165) is 37.7 Å². The molecule has 0 amide bonds. The number of ketones is 1. The zero-order valence-electron chi connectivity index (χ0n) is 15.0. The van der Waals surface area contributed by atoms with E-state index in [-0.39, 0.29) is 17.6 Å². The Morgan fingerprint density at radius 1 is 1.00 bits per heavy atom. The van der Waals surface area contributed by atoms with Crippen molar-refractivity contribution in [2.75, 3.05) is 14.2 Å². The van der Waals surface area contributed by atoms with E-state index < -0.39 is 0 Å². The molecule has 1 aromatic carbocycles. The van der Waals surface area contributed by atoms with Crippen molar-refractivity contribution < 1.29 is 19.4 Å². The third-order valence-corrected chi connectivity index (χ3v) is 6.29. The number of hydrogen-bond acceptors (Lipinski definition) is 4. The molecule has 2 unspecified atom stereocenters. The van der Waals surface area contributed by atoms with Crippen molar-refractivity contribution in [2.24, 2.45) is 5.92 Å². The summed E-state index contributed by atoms with van der Waals surface area (Å²) in [5, 5.41) is 10.8. The number of phenols is 1. The first-order valence-electron chi connectivity index (χ1n) is 9.36. The molecule has 0 aromatic heterocycles. The normalized spacial score (nSPS) is 28.6. The molecule has 0 radical (unpaired) electrons. The molecule has 3 atom stereocenters. The zero-order chi connectivity index (χ0) is 17.6. The molecule has 0 saturated heterocycles. The highest BCUT2D eigenvalue weighted by Gasteiger charge is 2.42. The van der Waals surface area contributed by atoms with Crippen LogP contribution in [0.25, 0.3) is 0 Å². The first-order valence-corrected chi connectivity index (χ1v) is 9.36. The number of benzene rings is 1. The van der Waals surface area contributed by atoms with E-state index in [1.165, 1.54) is 24.7 Å². The summed E-state index contributed by atoms with van der Waals surface area (Å²) in [5.74, 6) is 1.64. The Kier molecular flexibility index (Phi) is 4.22. The molecule has 134 valence electrons. The fourth-order valence-electron chi connectivity index (χ4n) is 5.22. The summed E-state index contributed by atoms with van der Waals surface area (Å²) in [6.07, 6.45) is 7.15. The number of allylic oxidation sites excluding steroid dienone is 2. The lowest BCUT2D eigenvalue weighted by Crippen LogP contribution is -2.29. The molecule has 0 aliphatic heterocycles. The maximum absolute atomic E-state index is 12.8. The quantitative estimate of drug-likeness (QED) is 0.876. The first-order chi connectivity index (χ1) is 12.2. The number of aryl methyl sites for hydroxylation is 1. The van der Waals surface area contributed by atoms with Crippen LogP contribution in [-0.4, -0.2) is 25.1 Å². The molecular formula is C21H26O4. The lowest BCUT2D eigenvalue weighted by Gasteiger charge is -2.34. The number of phenolic OH excluding ortho intramolecular Hbond substituents is 1. The molecule has 4 rings (SSSR count). The van der Waals surface area contributed by atoms with Crippen LogP contribution < -0.4 is 0 Å². The molecule has 4 heteroatoms. The van der Waals surface area contributed by atoms with E-state index in [4.69, 9.17) is 9.47 Å². The highest BCUT2D eigenvalue weighted by Crippen LogP contribution is 2.51. The minimum absolute atomic E-state index is 0.0470. The van der Waals surface area contributed by atoms with Crippen molar-refractivity contribution >= 4 is 5.78 Å². The van der Waals surface area contributed by atoms with Gasteiger partial charge in [-0.2, -0.15) is 0 Å². The Balaban J connectivity index is 1.97. The smallest absolute Gasteiger partial charge is 0.204 e. The summed E-state index contributed by atoms with van der Waals surface area (Å²) in [5.41, 5.74) is 3.65. The van der Waals surface area contributed by atoms with Gasteiger partial charge in [0, 0.05) is 11.5 Å². The van der Waals surface area contributed by atoms with Crippen LogP contribution >= 0.6 is 0 Å². The van der Waals surface area contributed by atoms with Gasteiger partial charge >= 0.3 is 0 Å². The number of carbonyl (C=O) groups is 1. The first kappa shape index (κ1) is 16.5. The van der Waals surface area contributed by atoms with E-state index in [0.29, 0.717) is 29.6 Å². The highest BCUT2D eigenvalue weighted by atomic mass is 16.5. The molecule has 1 aromatic rings. The minimum atomic E-state index is -0.101. The summed E-state index contributed by atoms with van der Waals surface area (Å²) in [6.45, 7) is 0. The fraction of sp³-hybridized carbons (Fsp3) is 0.571. The monoisotopic (exact) mass is 342 g/mol. The van der Waals surface area contributed by atoms with Gasteiger partial charge in [-0.3, -0.25) is 4.79 Å². The van der Waals surface area contributed by atoms with Crippen molar-refractivity contribution in [2.45, 2.75) is 56.8 Å². The van der Waals surface area contributed by atoms with Gasteiger partial charge in [-0.25, -0.2) is 0 Å². The van der Waals surface area contributed by atoms with Crippen LogP contribution in [0.3, 0.4) is 0 Å². The average molecular weight is 342 g/mol. The predicted molar refractivity (Wildman–Crippen MR) is 94.5 cm³/mol. The van der Waals surface area contributed by atoms with Crippen LogP contribution in [0.5, 0.6) is 5.75 Å². The third-order valence-electron chi connectivity index (χ3n) is 6.29. The van der Waals surface area contributed by atoms with Crippen molar-refractivity contribution in [3.8, 4) is 5.75 Å². The lowest BCUT2D eigenvalue weighted by molar-refractivity contribution is -0.124. The van der Waals surface area contributed by atoms with Crippen molar-refractivity contribution in [1.29, 1.82) is 0 Å². The van der Waals surface area contributed by atoms with E-state index in [2.05, 4.69) is 6.07 Å². The number of ether oxygens (including phenoxy) is 2. The zero-order valence-corrected chi connectivity index (χ0v) is 15.0. The van der Waals surface area contributed by atoms with Gasteiger partial charge in [-0.15, -0.1) is 0 Å². The summed E-state index contributed by atoms with van der Waals surface area (Å²) in [7, 11) is 3.13. The van der Waals surface area contributed by atoms with E-state index in [1.54, 1.807) is 7.11 Å². The number of aromatic hydroxyl groups is 1. The van der Waals surface area contributed by atoms with Gasteiger partial charge in [-0.1, -0.05) is 12.5 Å². The summed E-state index contributed by atoms with van der Waals surface area (Å²) in [6, 6.07) is 3.90. The van der Waals surface area contributed by atoms with Crippen molar-refractivity contribution in [1.82, 2.24) is 0 Å². The van der Waals surface area contributed by atoms with Gasteiger partial charge in [0.25, 0.3) is 0 Å². The molecule has 0 fully saturated rings. The standard InChI is InChI=1S/C21H26O4/c1-24-20-15-11-14(19(23)21(20)25-2)8-4-6-12-5-3-7-13-9-10-16(22)18(15)17(12)13/h9-10,12,14-15,22H,3-8,11H2,1-2H3/t12-,14?,15?/m1/s1. The highest BCUT2D eigenvalue weighted by molar-refractivity contribution is 5.97. The van der Waals surface area contributed by atoms with Crippen molar-refractivity contribution in [3.63, 3.8) is 0 Å². The van der Waals surface area contributed by atoms with E-state index in [9.17, 15) is 9.90 Å². The fourth-order valence-corrected chi connectivity index (χ4v) is 5.22. The van der Waals surface area contributed by atoms with E-state index >= 15 is 0 Å². The molecule has 4 nitrogen and oxygen atoms in total. The Morgan fingerprint density at radius 2 is 1.76 bits per heavy atom. The molecular weight excluding hydrogens is 316 g/mol. The van der Waals surface area contributed by atoms with E-state index in [1.807, 2.05) is 6.07 Å². The van der Waals surface area contributed by atoms with Gasteiger partial charge in [0.1, 0.15) is 11.5 Å². The largest absolute Gasteiger partial charge is 0.508 e. The summed E-state index contributed by atoms with van der Waals surface area (Å²) in [4.78, 5) is 12.8. The number of hydrogen-bond donors (Lipinski definition) is 1. The summed E-state index contributed by atoms with van der Waals surface area (Å²) >= 11 is 0.